The van der Waals surface area contributed by atoms with Gasteiger partial charge in [-0.15, -0.1) is 0 Å². The molecule has 0 aromatic carbocycles. The van der Waals surface area contributed by atoms with E-state index >= 15 is 0 Å². The lowest BCUT2D eigenvalue weighted by molar-refractivity contribution is 0.448. The molecule has 0 radical (unpaired) electrons. The largest absolute Gasteiger partial charge is 0.355 e. The van der Waals surface area contributed by atoms with Gasteiger partial charge in [-0.2, -0.15) is 10.2 Å². The quantitative estimate of drug-likeness (QED) is 0.533. The molecule has 5 rings (SSSR count). The lowest BCUT2D eigenvalue weighted by atomic mass is 10.1. The number of fused-ring (bicyclic) bond motifs is 1. The highest BCUT2D eigenvalue weighted by Crippen LogP contribution is 2.29. The number of aromatic nitrogens is 6. The van der Waals surface area contributed by atoms with E-state index < -0.39 is 0 Å². The Balaban J connectivity index is 1.51. The van der Waals surface area contributed by atoms with Crippen LogP contribution in [0.1, 0.15) is 19.8 Å². The molecule has 0 aliphatic carbocycles. The molecule has 2 N–H and O–H groups in total. The Labute approximate surface area is 175 Å². The van der Waals surface area contributed by atoms with Crippen molar-refractivity contribution in [3.05, 3.63) is 42.9 Å². The van der Waals surface area contributed by atoms with Crippen molar-refractivity contribution in [1.82, 2.24) is 35.3 Å². The van der Waals surface area contributed by atoms with E-state index in [0.29, 0.717) is 6.04 Å². The van der Waals surface area contributed by atoms with Gasteiger partial charge < -0.3 is 10.2 Å². The first-order chi connectivity index (χ1) is 14.7. The zero-order chi connectivity index (χ0) is 20.5. The van der Waals surface area contributed by atoms with E-state index in [1.165, 1.54) is 12.8 Å². The van der Waals surface area contributed by atoms with E-state index in [-0.39, 0.29) is 0 Å². The Kier molecular flexibility index (Phi) is 4.92. The second kappa shape index (κ2) is 7.87. The predicted molar refractivity (Wildman–Crippen MR) is 118 cm³/mol. The van der Waals surface area contributed by atoms with Gasteiger partial charge in [0, 0.05) is 42.8 Å². The van der Waals surface area contributed by atoms with Crippen LogP contribution in [0.5, 0.6) is 0 Å². The van der Waals surface area contributed by atoms with Gasteiger partial charge >= 0.3 is 0 Å². The summed E-state index contributed by atoms with van der Waals surface area (Å²) in [4.78, 5) is 11.9. The Morgan fingerprint density at radius 1 is 1.23 bits per heavy atom. The zero-order valence-electron chi connectivity index (χ0n) is 17.3. The number of rotatable bonds is 5. The number of likely N-dealkylation sites (N-methyl/N-ethyl adjacent to an activating group) is 1. The third kappa shape index (κ3) is 3.43. The zero-order valence-corrected chi connectivity index (χ0v) is 17.3. The molecule has 1 aliphatic heterocycles. The molecule has 0 unspecified atom stereocenters. The van der Waals surface area contributed by atoms with Gasteiger partial charge in [-0.3, -0.25) is 14.8 Å². The lowest BCUT2D eigenvalue weighted by Crippen LogP contribution is -2.44. The van der Waals surface area contributed by atoms with Gasteiger partial charge in [0.05, 0.1) is 29.3 Å². The first-order valence-corrected chi connectivity index (χ1v) is 10.5. The van der Waals surface area contributed by atoms with Crippen molar-refractivity contribution >= 4 is 16.7 Å². The van der Waals surface area contributed by atoms with Crippen molar-refractivity contribution in [1.29, 1.82) is 0 Å². The van der Waals surface area contributed by atoms with Gasteiger partial charge in [-0.05, 0) is 45.0 Å². The lowest BCUT2D eigenvalue weighted by Gasteiger charge is -2.33. The number of aryl methyl sites for hydroxylation is 1. The van der Waals surface area contributed by atoms with Crippen LogP contribution in [0.2, 0.25) is 0 Å². The number of hydrogen-bond donors (Lipinski definition) is 2. The maximum atomic E-state index is 4.96. The van der Waals surface area contributed by atoms with E-state index in [0.717, 1.165) is 59.0 Å². The van der Waals surface area contributed by atoms with E-state index in [4.69, 9.17) is 4.98 Å². The van der Waals surface area contributed by atoms with Crippen LogP contribution in [0.3, 0.4) is 0 Å². The van der Waals surface area contributed by atoms with Crippen LogP contribution >= 0.6 is 0 Å². The van der Waals surface area contributed by atoms with Gasteiger partial charge in [-0.25, -0.2) is 4.98 Å². The summed E-state index contributed by atoms with van der Waals surface area (Å²) in [7, 11) is 2.03. The number of aromatic amines is 1. The molecular formula is C22H26N8. The standard InChI is InChI=1S/C22H26N8/c1-3-30-13-15(11-25-30)19-10-17-20(12-24-19)27-28-22(17)18-7-4-8-21(26-18)29-9-5-6-16(14-29)23-2/h4,7-8,10-13,16,23H,3,5-6,9,14H2,1-2H3,(H,27,28)/t16-/m0/s1. The Morgan fingerprint density at radius 3 is 3.00 bits per heavy atom. The summed E-state index contributed by atoms with van der Waals surface area (Å²) < 4.78 is 1.90. The molecule has 0 bridgehead atoms. The number of piperidine rings is 1. The van der Waals surface area contributed by atoms with Gasteiger partial charge in [0.1, 0.15) is 11.5 Å². The fourth-order valence-corrected chi connectivity index (χ4v) is 4.09. The summed E-state index contributed by atoms with van der Waals surface area (Å²) in [6.07, 6.45) is 8.08. The first kappa shape index (κ1) is 18.7. The molecule has 4 aromatic heterocycles. The number of pyridine rings is 2. The third-order valence-corrected chi connectivity index (χ3v) is 5.83. The number of hydrogen-bond acceptors (Lipinski definition) is 6. The summed E-state index contributed by atoms with van der Waals surface area (Å²) >= 11 is 0. The highest BCUT2D eigenvalue weighted by Gasteiger charge is 2.20. The van der Waals surface area contributed by atoms with E-state index in [1.54, 1.807) is 0 Å². The molecule has 8 nitrogen and oxygen atoms in total. The van der Waals surface area contributed by atoms with Gasteiger partial charge in [0.15, 0.2) is 0 Å². The van der Waals surface area contributed by atoms with Gasteiger partial charge in [0.2, 0.25) is 0 Å². The molecule has 0 saturated carbocycles. The smallest absolute Gasteiger partial charge is 0.129 e. The van der Waals surface area contributed by atoms with Gasteiger partial charge in [0.25, 0.3) is 0 Å². The monoisotopic (exact) mass is 402 g/mol. The Morgan fingerprint density at radius 2 is 2.17 bits per heavy atom. The van der Waals surface area contributed by atoms with E-state index in [9.17, 15) is 0 Å². The fraction of sp³-hybridized carbons (Fsp3) is 0.364. The van der Waals surface area contributed by atoms with Crippen LogP contribution in [0.15, 0.2) is 42.9 Å². The van der Waals surface area contributed by atoms with Gasteiger partial charge in [-0.1, -0.05) is 6.07 Å². The minimum atomic E-state index is 0.507. The van der Waals surface area contributed by atoms with Crippen LogP contribution in [-0.4, -0.2) is 56.1 Å². The predicted octanol–water partition coefficient (Wildman–Crippen LogP) is 3.09. The van der Waals surface area contributed by atoms with Crippen molar-refractivity contribution in [2.45, 2.75) is 32.4 Å². The molecule has 1 fully saturated rings. The number of nitrogens with zero attached hydrogens (tertiary/aromatic N) is 6. The second-order valence-electron chi connectivity index (χ2n) is 7.73. The number of H-pyrrole nitrogens is 1. The molecule has 1 aliphatic rings. The SMILES string of the molecule is CCn1cc(-c2cc3c(-c4cccc(N5CCC[C@H](NC)C5)n4)n[nH]c3cn2)cn1. The summed E-state index contributed by atoms with van der Waals surface area (Å²) in [5, 5.41) is 16.4. The molecular weight excluding hydrogens is 376 g/mol. The van der Waals surface area contributed by atoms with Crippen LogP contribution in [0.4, 0.5) is 5.82 Å². The van der Waals surface area contributed by atoms with E-state index in [1.807, 2.05) is 36.4 Å². The molecule has 154 valence electrons. The summed E-state index contributed by atoms with van der Waals surface area (Å²) in [6.45, 7) is 4.91. The normalized spacial score (nSPS) is 17.0. The van der Waals surface area contributed by atoms with Crippen molar-refractivity contribution in [2.24, 2.45) is 0 Å². The van der Waals surface area contributed by atoms with Crippen molar-refractivity contribution in [3.8, 4) is 22.6 Å². The van der Waals surface area contributed by atoms with Crippen molar-refractivity contribution < 1.29 is 0 Å². The highest BCUT2D eigenvalue weighted by atomic mass is 15.3. The molecule has 1 saturated heterocycles. The van der Waals surface area contributed by atoms with Crippen molar-refractivity contribution in [2.75, 3.05) is 25.0 Å². The maximum absolute atomic E-state index is 4.96. The third-order valence-electron chi connectivity index (χ3n) is 5.83. The fourth-order valence-electron chi connectivity index (χ4n) is 4.09. The molecule has 0 amide bonds. The van der Waals surface area contributed by atoms with Crippen molar-refractivity contribution in [3.63, 3.8) is 0 Å². The Hall–Kier alpha value is -3.26. The summed E-state index contributed by atoms with van der Waals surface area (Å²) in [5.74, 6) is 1.00. The number of anilines is 1. The number of nitrogens with one attached hydrogen (secondary N) is 2. The molecule has 30 heavy (non-hydrogen) atoms. The molecule has 8 heteroatoms. The average Bonchev–Trinajstić information content (AvgIpc) is 3.46. The molecule has 5 heterocycles. The topological polar surface area (TPSA) is 87.5 Å². The minimum Gasteiger partial charge on any atom is -0.355 e. The Bertz CT molecular complexity index is 1160. The van der Waals surface area contributed by atoms with Crippen LogP contribution in [-0.2, 0) is 6.54 Å². The van der Waals surface area contributed by atoms with Crippen LogP contribution < -0.4 is 10.2 Å². The first-order valence-electron chi connectivity index (χ1n) is 10.5. The molecule has 1 atom stereocenters. The van der Waals surface area contributed by atoms with E-state index in [2.05, 4.69) is 55.6 Å². The molecule has 0 spiro atoms. The maximum Gasteiger partial charge on any atom is 0.129 e. The average molecular weight is 403 g/mol. The minimum absolute atomic E-state index is 0.507. The summed E-state index contributed by atoms with van der Waals surface area (Å²) in [6, 6.07) is 8.75. The summed E-state index contributed by atoms with van der Waals surface area (Å²) in [5.41, 5.74) is 4.50. The van der Waals surface area contributed by atoms with Crippen LogP contribution in [0, 0.1) is 0 Å². The van der Waals surface area contributed by atoms with Crippen LogP contribution in [0.25, 0.3) is 33.5 Å². The second-order valence-corrected chi connectivity index (χ2v) is 7.73. The molecule has 4 aromatic rings. The highest BCUT2D eigenvalue weighted by molar-refractivity contribution is 5.93.